The summed E-state index contributed by atoms with van der Waals surface area (Å²) in [5.41, 5.74) is 1.91. The van der Waals surface area contributed by atoms with Gasteiger partial charge in [-0.2, -0.15) is 0 Å². The van der Waals surface area contributed by atoms with Gasteiger partial charge in [-0.3, -0.25) is 4.98 Å². The fourth-order valence-corrected chi connectivity index (χ4v) is 2.98. The van der Waals surface area contributed by atoms with Crippen molar-refractivity contribution < 1.29 is 4.74 Å². The van der Waals surface area contributed by atoms with Gasteiger partial charge in [0.15, 0.2) is 0 Å². The summed E-state index contributed by atoms with van der Waals surface area (Å²) in [7, 11) is 0. The van der Waals surface area contributed by atoms with Crippen LogP contribution in [0, 0.1) is 5.92 Å². The van der Waals surface area contributed by atoms with Crippen molar-refractivity contribution >= 4 is 11.3 Å². The van der Waals surface area contributed by atoms with E-state index in [2.05, 4.69) is 24.1 Å². The first-order chi connectivity index (χ1) is 8.35. The van der Waals surface area contributed by atoms with Crippen molar-refractivity contribution in [2.45, 2.75) is 45.3 Å². The van der Waals surface area contributed by atoms with Gasteiger partial charge in [-0.05, 0) is 32.2 Å². The predicted octanol–water partition coefficient (Wildman–Crippen LogP) is 2.48. The Labute approximate surface area is 108 Å². The van der Waals surface area contributed by atoms with Gasteiger partial charge in [-0.1, -0.05) is 6.92 Å². The minimum absolute atomic E-state index is 0.377. The molecule has 0 aromatic carbocycles. The van der Waals surface area contributed by atoms with Gasteiger partial charge in [0.05, 0.1) is 11.6 Å². The number of nitrogens with zero attached hydrogens (tertiary/aromatic N) is 1. The maximum absolute atomic E-state index is 5.95. The van der Waals surface area contributed by atoms with Crippen molar-refractivity contribution in [3.63, 3.8) is 0 Å². The SMILES string of the molecule is CCNC(Cc1cncs1)C(OCC)C1CC1. The predicted molar refractivity (Wildman–Crippen MR) is 71.4 cm³/mol. The van der Waals surface area contributed by atoms with Crippen molar-refractivity contribution in [2.24, 2.45) is 5.92 Å². The first-order valence-electron chi connectivity index (χ1n) is 6.57. The van der Waals surface area contributed by atoms with E-state index in [4.69, 9.17) is 4.74 Å². The smallest absolute Gasteiger partial charge is 0.0794 e. The monoisotopic (exact) mass is 254 g/mol. The number of rotatable bonds is 8. The molecule has 0 saturated heterocycles. The highest BCUT2D eigenvalue weighted by Gasteiger charge is 2.37. The Morgan fingerprint density at radius 1 is 1.53 bits per heavy atom. The van der Waals surface area contributed by atoms with Crippen LogP contribution in [0.5, 0.6) is 0 Å². The molecule has 0 amide bonds. The molecule has 3 nitrogen and oxygen atoms in total. The number of aromatic nitrogens is 1. The van der Waals surface area contributed by atoms with Crippen LogP contribution < -0.4 is 5.32 Å². The Bertz CT molecular complexity index is 311. The van der Waals surface area contributed by atoms with Crippen LogP contribution in [0.1, 0.15) is 31.6 Å². The molecule has 0 bridgehead atoms. The first-order valence-corrected chi connectivity index (χ1v) is 7.45. The van der Waals surface area contributed by atoms with E-state index < -0.39 is 0 Å². The van der Waals surface area contributed by atoms with Crippen molar-refractivity contribution in [3.8, 4) is 0 Å². The van der Waals surface area contributed by atoms with Gasteiger partial charge in [0.25, 0.3) is 0 Å². The largest absolute Gasteiger partial charge is 0.377 e. The van der Waals surface area contributed by atoms with E-state index >= 15 is 0 Å². The van der Waals surface area contributed by atoms with E-state index in [1.807, 2.05) is 11.7 Å². The lowest BCUT2D eigenvalue weighted by molar-refractivity contribution is 0.0198. The number of thiazole rings is 1. The zero-order chi connectivity index (χ0) is 12.1. The van der Waals surface area contributed by atoms with Crippen LogP contribution in [0.25, 0.3) is 0 Å². The third-order valence-corrected chi connectivity index (χ3v) is 4.02. The van der Waals surface area contributed by atoms with Crippen molar-refractivity contribution in [1.29, 1.82) is 0 Å². The number of hydrogen-bond acceptors (Lipinski definition) is 4. The lowest BCUT2D eigenvalue weighted by Gasteiger charge is -2.27. The van der Waals surface area contributed by atoms with Crippen molar-refractivity contribution in [3.05, 3.63) is 16.6 Å². The summed E-state index contributed by atoms with van der Waals surface area (Å²) in [6.45, 7) is 6.06. The molecule has 2 rings (SSSR count). The third-order valence-electron chi connectivity index (χ3n) is 3.21. The molecule has 1 fully saturated rings. The molecular weight excluding hydrogens is 232 g/mol. The summed E-state index contributed by atoms with van der Waals surface area (Å²) in [4.78, 5) is 5.50. The second-order valence-electron chi connectivity index (χ2n) is 4.59. The Hall–Kier alpha value is -0.450. The summed E-state index contributed by atoms with van der Waals surface area (Å²) in [6, 6.07) is 0.438. The first kappa shape index (κ1) is 13.0. The Morgan fingerprint density at radius 3 is 2.88 bits per heavy atom. The summed E-state index contributed by atoms with van der Waals surface area (Å²) in [5.74, 6) is 0.770. The van der Waals surface area contributed by atoms with Crippen LogP contribution in [-0.2, 0) is 11.2 Å². The van der Waals surface area contributed by atoms with E-state index in [1.54, 1.807) is 11.3 Å². The summed E-state index contributed by atoms with van der Waals surface area (Å²) >= 11 is 1.74. The van der Waals surface area contributed by atoms with E-state index in [0.29, 0.717) is 12.1 Å². The maximum Gasteiger partial charge on any atom is 0.0794 e. The Kier molecular flexibility index (Phi) is 4.95. The molecule has 1 heterocycles. The van der Waals surface area contributed by atoms with Crippen LogP contribution in [-0.4, -0.2) is 30.3 Å². The molecule has 4 heteroatoms. The van der Waals surface area contributed by atoms with Crippen molar-refractivity contribution in [2.75, 3.05) is 13.2 Å². The van der Waals surface area contributed by atoms with Crippen LogP contribution in [0.3, 0.4) is 0 Å². The normalized spacial score (nSPS) is 19.2. The zero-order valence-electron chi connectivity index (χ0n) is 10.7. The summed E-state index contributed by atoms with van der Waals surface area (Å²) in [5, 5.41) is 3.58. The third kappa shape index (κ3) is 3.76. The van der Waals surface area contributed by atoms with Crippen LogP contribution in [0.4, 0.5) is 0 Å². The lowest BCUT2D eigenvalue weighted by atomic mass is 10.0. The van der Waals surface area contributed by atoms with Gasteiger partial charge in [-0.15, -0.1) is 11.3 Å². The number of ether oxygens (including phenoxy) is 1. The molecule has 0 radical (unpaired) electrons. The van der Waals surface area contributed by atoms with E-state index in [1.165, 1.54) is 17.7 Å². The molecule has 17 heavy (non-hydrogen) atoms. The molecular formula is C13H22N2OS. The van der Waals surface area contributed by atoms with E-state index in [9.17, 15) is 0 Å². The number of hydrogen-bond donors (Lipinski definition) is 1. The Balaban J connectivity index is 1.98. The molecule has 1 aliphatic rings. The second-order valence-corrected chi connectivity index (χ2v) is 5.56. The van der Waals surface area contributed by atoms with Crippen molar-refractivity contribution in [1.82, 2.24) is 10.3 Å². The van der Waals surface area contributed by atoms with Gasteiger partial charge >= 0.3 is 0 Å². The topological polar surface area (TPSA) is 34.2 Å². The number of nitrogens with one attached hydrogen (secondary N) is 1. The molecule has 96 valence electrons. The molecule has 2 unspecified atom stereocenters. The van der Waals surface area contributed by atoms with E-state index in [0.717, 1.165) is 25.5 Å². The fraction of sp³-hybridized carbons (Fsp3) is 0.769. The number of likely N-dealkylation sites (N-methyl/N-ethyl adjacent to an activating group) is 1. The quantitative estimate of drug-likeness (QED) is 0.774. The standard InChI is InChI=1S/C13H22N2OS/c1-3-15-12(7-11-8-14-9-17-11)13(16-4-2)10-5-6-10/h8-10,12-13,15H,3-7H2,1-2H3. The van der Waals surface area contributed by atoms with Gasteiger partial charge < -0.3 is 10.1 Å². The minimum Gasteiger partial charge on any atom is -0.377 e. The Morgan fingerprint density at radius 2 is 2.35 bits per heavy atom. The molecule has 0 spiro atoms. The van der Waals surface area contributed by atoms with Gasteiger partial charge in [0.2, 0.25) is 0 Å². The minimum atomic E-state index is 0.377. The fourth-order valence-electron chi connectivity index (χ4n) is 2.32. The highest BCUT2D eigenvalue weighted by Crippen LogP contribution is 2.36. The molecule has 1 saturated carbocycles. The maximum atomic E-state index is 5.95. The van der Waals surface area contributed by atoms with Gasteiger partial charge in [0.1, 0.15) is 0 Å². The van der Waals surface area contributed by atoms with Gasteiger partial charge in [-0.25, -0.2) is 0 Å². The molecule has 0 aliphatic heterocycles. The molecule has 1 aromatic rings. The summed E-state index contributed by atoms with van der Waals surface area (Å²) < 4.78 is 5.95. The highest BCUT2D eigenvalue weighted by atomic mass is 32.1. The molecule has 1 aliphatic carbocycles. The van der Waals surface area contributed by atoms with E-state index in [-0.39, 0.29) is 0 Å². The van der Waals surface area contributed by atoms with Gasteiger partial charge in [0, 0.05) is 30.1 Å². The highest BCUT2D eigenvalue weighted by molar-refractivity contribution is 7.09. The average molecular weight is 254 g/mol. The lowest BCUT2D eigenvalue weighted by Crippen LogP contribution is -2.44. The van der Waals surface area contributed by atoms with Crippen LogP contribution in [0.15, 0.2) is 11.7 Å². The average Bonchev–Trinajstić information content (AvgIpc) is 3.04. The second kappa shape index (κ2) is 6.47. The van der Waals surface area contributed by atoms with Crippen LogP contribution in [0.2, 0.25) is 0 Å². The summed E-state index contributed by atoms with van der Waals surface area (Å²) in [6.07, 6.45) is 6.05. The molecule has 1 aromatic heterocycles. The molecule has 1 N–H and O–H groups in total. The van der Waals surface area contributed by atoms with Crippen LogP contribution >= 0.6 is 11.3 Å². The zero-order valence-corrected chi connectivity index (χ0v) is 11.5. The molecule has 2 atom stereocenters.